The molecular weight excluding hydrogens is 330 g/mol. The molecule has 1 N–H and O–H groups in total. The SMILES string of the molecule is CC(C)C1=NNC2C(=O)N(CC(=O)N3CCCCC3)C3CCCCC3N12. The molecule has 144 valence electrons. The third-order valence-electron chi connectivity index (χ3n) is 6.34. The maximum Gasteiger partial charge on any atom is 0.268 e. The van der Waals surface area contributed by atoms with Crippen LogP contribution >= 0.6 is 0 Å². The van der Waals surface area contributed by atoms with Crippen LogP contribution in [-0.2, 0) is 9.59 Å². The Morgan fingerprint density at radius 2 is 1.81 bits per heavy atom. The second-order valence-corrected chi connectivity index (χ2v) is 8.39. The number of carbonyl (C=O) groups excluding carboxylic acids is 2. The molecule has 1 saturated carbocycles. The van der Waals surface area contributed by atoms with Crippen LogP contribution in [0.4, 0.5) is 0 Å². The fourth-order valence-corrected chi connectivity index (χ4v) is 5.03. The molecule has 3 heterocycles. The maximum atomic E-state index is 13.2. The van der Waals surface area contributed by atoms with Crippen LogP contribution in [0.5, 0.6) is 0 Å². The molecule has 7 heteroatoms. The Kier molecular flexibility index (Phi) is 4.80. The van der Waals surface area contributed by atoms with Crippen LogP contribution in [0.15, 0.2) is 5.10 Å². The number of piperidine rings is 1. The van der Waals surface area contributed by atoms with E-state index in [1.165, 1.54) is 12.8 Å². The second-order valence-electron chi connectivity index (χ2n) is 8.39. The van der Waals surface area contributed by atoms with Crippen LogP contribution in [0.1, 0.15) is 58.8 Å². The van der Waals surface area contributed by atoms with Gasteiger partial charge in [0.25, 0.3) is 5.91 Å². The van der Waals surface area contributed by atoms with Crippen molar-refractivity contribution >= 4 is 17.6 Å². The molecule has 7 nitrogen and oxygen atoms in total. The summed E-state index contributed by atoms with van der Waals surface area (Å²) in [7, 11) is 0. The topological polar surface area (TPSA) is 68.2 Å². The summed E-state index contributed by atoms with van der Waals surface area (Å²) < 4.78 is 0. The lowest BCUT2D eigenvalue weighted by atomic mass is 9.84. The highest BCUT2D eigenvalue weighted by atomic mass is 16.2. The average Bonchev–Trinajstić information content (AvgIpc) is 3.11. The summed E-state index contributed by atoms with van der Waals surface area (Å²) in [5.41, 5.74) is 3.05. The highest BCUT2D eigenvalue weighted by Crippen LogP contribution is 2.35. The van der Waals surface area contributed by atoms with Gasteiger partial charge in [-0.2, -0.15) is 5.10 Å². The standard InChI is InChI=1S/C19H31N5O2/c1-13(2)17-20-21-18-19(26)23(12-16(25)22-10-6-3-7-11-22)14-8-4-5-9-15(14)24(17)18/h13-15,18,21H,3-12H2,1-2H3. The van der Waals surface area contributed by atoms with Crippen molar-refractivity contribution in [1.82, 2.24) is 20.1 Å². The molecule has 4 rings (SSSR count). The molecule has 4 aliphatic rings. The summed E-state index contributed by atoms with van der Waals surface area (Å²) in [5.74, 6) is 1.39. The van der Waals surface area contributed by atoms with Crippen LogP contribution in [0.25, 0.3) is 0 Å². The van der Waals surface area contributed by atoms with Crippen molar-refractivity contribution in [1.29, 1.82) is 0 Å². The zero-order chi connectivity index (χ0) is 18.3. The second kappa shape index (κ2) is 7.08. The van der Waals surface area contributed by atoms with E-state index in [-0.39, 0.29) is 36.4 Å². The molecule has 1 aliphatic carbocycles. The Balaban J connectivity index is 1.54. The molecule has 0 spiro atoms. The van der Waals surface area contributed by atoms with E-state index in [4.69, 9.17) is 0 Å². The Labute approximate surface area is 155 Å². The lowest BCUT2D eigenvalue weighted by molar-refractivity contribution is -0.154. The van der Waals surface area contributed by atoms with Gasteiger partial charge in [-0.05, 0) is 32.1 Å². The minimum Gasteiger partial charge on any atom is -0.341 e. The van der Waals surface area contributed by atoms with Gasteiger partial charge >= 0.3 is 0 Å². The highest BCUT2D eigenvalue weighted by molar-refractivity contribution is 5.96. The molecule has 0 aromatic rings. The predicted octanol–water partition coefficient (Wildman–Crippen LogP) is 1.35. The monoisotopic (exact) mass is 361 g/mol. The van der Waals surface area contributed by atoms with Crippen molar-refractivity contribution in [2.45, 2.75) is 77.0 Å². The molecule has 3 fully saturated rings. The molecule has 2 saturated heterocycles. The quantitative estimate of drug-likeness (QED) is 0.824. The van der Waals surface area contributed by atoms with Gasteiger partial charge in [0.05, 0.1) is 12.1 Å². The number of amidine groups is 1. The lowest BCUT2D eigenvalue weighted by Gasteiger charge is -2.51. The van der Waals surface area contributed by atoms with Gasteiger partial charge in [0.15, 0.2) is 6.17 Å². The summed E-state index contributed by atoms with van der Waals surface area (Å²) in [4.78, 5) is 32.1. The molecule has 3 aliphatic heterocycles. The van der Waals surface area contributed by atoms with Crippen molar-refractivity contribution in [2.75, 3.05) is 19.6 Å². The first kappa shape index (κ1) is 17.6. The summed E-state index contributed by atoms with van der Waals surface area (Å²) >= 11 is 0. The third kappa shape index (κ3) is 2.95. The Morgan fingerprint density at radius 3 is 2.50 bits per heavy atom. The molecule has 0 aromatic carbocycles. The van der Waals surface area contributed by atoms with Crippen molar-refractivity contribution < 1.29 is 9.59 Å². The number of hydrazone groups is 1. The fourth-order valence-electron chi connectivity index (χ4n) is 5.03. The Hall–Kier alpha value is -1.79. The summed E-state index contributed by atoms with van der Waals surface area (Å²) in [6.07, 6.45) is 7.29. The number of fused-ring (bicyclic) bond motifs is 3. The van der Waals surface area contributed by atoms with E-state index in [9.17, 15) is 9.59 Å². The van der Waals surface area contributed by atoms with Gasteiger partial charge in [-0.3, -0.25) is 15.0 Å². The molecule has 3 atom stereocenters. The first-order valence-electron chi connectivity index (χ1n) is 10.3. The molecule has 26 heavy (non-hydrogen) atoms. The smallest absolute Gasteiger partial charge is 0.268 e. The molecule has 0 bridgehead atoms. The van der Waals surface area contributed by atoms with E-state index >= 15 is 0 Å². The molecule has 2 amide bonds. The van der Waals surface area contributed by atoms with Crippen LogP contribution < -0.4 is 5.43 Å². The van der Waals surface area contributed by atoms with E-state index in [1.54, 1.807) is 0 Å². The van der Waals surface area contributed by atoms with Gasteiger partial charge in [-0.25, -0.2) is 0 Å². The van der Waals surface area contributed by atoms with E-state index in [2.05, 4.69) is 29.3 Å². The first-order chi connectivity index (χ1) is 12.6. The first-order valence-corrected chi connectivity index (χ1v) is 10.3. The van der Waals surface area contributed by atoms with Crippen LogP contribution in [0.3, 0.4) is 0 Å². The number of rotatable bonds is 3. The Bertz CT molecular complexity index is 599. The minimum atomic E-state index is -0.430. The number of piperazine rings is 1. The van der Waals surface area contributed by atoms with E-state index in [0.717, 1.165) is 51.0 Å². The predicted molar refractivity (Wildman–Crippen MR) is 99.2 cm³/mol. The van der Waals surface area contributed by atoms with Crippen LogP contribution in [0.2, 0.25) is 0 Å². The highest BCUT2D eigenvalue weighted by Gasteiger charge is 2.51. The number of nitrogens with zero attached hydrogens (tertiary/aromatic N) is 4. The fraction of sp³-hybridized carbons (Fsp3) is 0.842. The van der Waals surface area contributed by atoms with Crippen LogP contribution in [-0.4, -0.2) is 70.2 Å². The van der Waals surface area contributed by atoms with Crippen molar-refractivity contribution in [3.8, 4) is 0 Å². The van der Waals surface area contributed by atoms with Gasteiger partial charge in [0.1, 0.15) is 12.4 Å². The lowest BCUT2D eigenvalue weighted by Crippen LogP contribution is -2.70. The number of hydrogen-bond acceptors (Lipinski definition) is 5. The van der Waals surface area contributed by atoms with Crippen molar-refractivity contribution in [3.05, 3.63) is 0 Å². The zero-order valence-electron chi connectivity index (χ0n) is 16.0. The number of carbonyl (C=O) groups is 2. The van der Waals surface area contributed by atoms with E-state index in [1.807, 2.05) is 9.80 Å². The van der Waals surface area contributed by atoms with Crippen molar-refractivity contribution in [2.24, 2.45) is 11.0 Å². The van der Waals surface area contributed by atoms with E-state index in [0.29, 0.717) is 0 Å². The van der Waals surface area contributed by atoms with Gasteiger partial charge < -0.3 is 14.7 Å². The molecule has 3 unspecified atom stereocenters. The normalized spacial score (nSPS) is 31.5. The third-order valence-corrected chi connectivity index (χ3v) is 6.34. The molecular formula is C19H31N5O2. The average molecular weight is 361 g/mol. The van der Waals surface area contributed by atoms with Crippen molar-refractivity contribution in [3.63, 3.8) is 0 Å². The number of nitrogens with one attached hydrogen (secondary N) is 1. The largest absolute Gasteiger partial charge is 0.341 e. The number of amides is 2. The van der Waals surface area contributed by atoms with Gasteiger partial charge in [-0.15, -0.1) is 0 Å². The van der Waals surface area contributed by atoms with Gasteiger partial charge in [-0.1, -0.05) is 26.7 Å². The van der Waals surface area contributed by atoms with Crippen LogP contribution in [0, 0.1) is 5.92 Å². The Morgan fingerprint density at radius 1 is 1.12 bits per heavy atom. The van der Waals surface area contributed by atoms with Gasteiger partial charge in [0, 0.05) is 19.0 Å². The molecule has 0 radical (unpaired) electrons. The maximum absolute atomic E-state index is 13.2. The summed E-state index contributed by atoms with van der Waals surface area (Å²) in [6, 6.07) is 0.404. The van der Waals surface area contributed by atoms with Gasteiger partial charge in [0.2, 0.25) is 5.91 Å². The number of hydrogen-bond donors (Lipinski definition) is 1. The zero-order valence-corrected chi connectivity index (χ0v) is 16.0. The minimum absolute atomic E-state index is 0.0120. The molecule has 0 aromatic heterocycles. The van der Waals surface area contributed by atoms with E-state index < -0.39 is 6.17 Å². The number of likely N-dealkylation sites (tertiary alicyclic amines) is 1. The summed E-state index contributed by atoms with van der Waals surface area (Å²) in [6.45, 7) is 6.14. The summed E-state index contributed by atoms with van der Waals surface area (Å²) in [5, 5.41) is 4.47.